The topological polar surface area (TPSA) is 38.5 Å². The van der Waals surface area contributed by atoms with Crippen LogP contribution in [0.15, 0.2) is 0 Å². The zero-order valence-corrected chi connectivity index (χ0v) is 8.46. The molecule has 0 spiro atoms. The quantitative estimate of drug-likeness (QED) is 0.697. The van der Waals surface area contributed by atoms with E-state index in [0.29, 0.717) is 6.10 Å². The van der Waals surface area contributed by atoms with Crippen LogP contribution in [0.25, 0.3) is 0 Å². The lowest BCUT2D eigenvalue weighted by atomic mass is 10.1. The van der Waals surface area contributed by atoms with Crippen LogP contribution in [0.5, 0.6) is 0 Å². The number of piperidine rings is 1. The molecule has 1 aliphatic heterocycles. The third-order valence-electron chi connectivity index (χ3n) is 3.30. The van der Waals surface area contributed by atoms with Gasteiger partial charge in [-0.25, -0.2) is 0 Å². The van der Waals surface area contributed by atoms with Crippen LogP contribution < -0.4 is 5.73 Å². The number of nitrogens with two attached hydrogens (primary N) is 1. The minimum Gasteiger partial charge on any atom is -0.381 e. The van der Waals surface area contributed by atoms with Gasteiger partial charge in [0.1, 0.15) is 0 Å². The van der Waals surface area contributed by atoms with Gasteiger partial charge < -0.3 is 15.4 Å². The third kappa shape index (κ3) is 2.42. The number of methoxy groups -OCH3 is 1. The lowest BCUT2D eigenvalue weighted by molar-refractivity contribution is 0.0387. The molecular weight excluding hydrogens is 164 g/mol. The SMILES string of the molecule is COC1CCN(CC2(N)CC2)CC1. The summed E-state index contributed by atoms with van der Waals surface area (Å²) >= 11 is 0. The van der Waals surface area contributed by atoms with Crippen molar-refractivity contribution in [1.29, 1.82) is 0 Å². The smallest absolute Gasteiger partial charge is 0.0595 e. The largest absolute Gasteiger partial charge is 0.381 e. The molecule has 2 fully saturated rings. The van der Waals surface area contributed by atoms with Crippen molar-refractivity contribution in [3.8, 4) is 0 Å². The second-order valence-corrected chi connectivity index (χ2v) is 4.57. The Kier molecular flexibility index (Phi) is 2.58. The lowest BCUT2D eigenvalue weighted by Crippen LogP contribution is -2.44. The van der Waals surface area contributed by atoms with Gasteiger partial charge in [0.05, 0.1) is 6.10 Å². The van der Waals surface area contributed by atoms with Crippen LogP contribution >= 0.6 is 0 Å². The fourth-order valence-electron chi connectivity index (χ4n) is 2.07. The first-order chi connectivity index (χ1) is 6.22. The summed E-state index contributed by atoms with van der Waals surface area (Å²) < 4.78 is 5.33. The Bertz CT molecular complexity index is 172. The van der Waals surface area contributed by atoms with Gasteiger partial charge >= 0.3 is 0 Å². The van der Waals surface area contributed by atoms with Gasteiger partial charge in [-0.05, 0) is 25.7 Å². The average Bonchev–Trinajstić information content (AvgIpc) is 2.85. The minimum atomic E-state index is 0.180. The fourth-order valence-corrected chi connectivity index (χ4v) is 2.07. The molecule has 13 heavy (non-hydrogen) atoms. The molecule has 1 saturated heterocycles. The van der Waals surface area contributed by atoms with Crippen molar-refractivity contribution >= 4 is 0 Å². The standard InChI is InChI=1S/C10H20N2O/c1-13-9-2-6-12(7-3-9)8-10(11)4-5-10/h9H,2-8,11H2,1H3. The van der Waals surface area contributed by atoms with E-state index >= 15 is 0 Å². The van der Waals surface area contributed by atoms with Gasteiger partial charge in [0.2, 0.25) is 0 Å². The Morgan fingerprint density at radius 2 is 2.00 bits per heavy atom. The second kappa shape index (κ2) is 3.56. The number of ether oxygens (including phenoxy) is 1. The highest BCUT2D eigenvalue weighted by molar-refractivity contribution is 5.01. The molecule has 2 N–H and O–H groups in total. The van der Waals surface area contributed by atoms with Crippen LogP contribution in [0.1, 0.15) is 25.7 Å². The molecule has 3 nitrogen and oxygen atoms in total. The molecule has 0 aromatic heterocycles. The molecule has 3 heteroatoms. The third-order valence-corrected chi connectivity index (χ3v) is 3.30. The molecule has 76 valence electrons. The molecule has 0 aromatic rings. The summed E-state index contributed by atoms with van der Waals surface area (Å²) in [4.78, 5) is 2.49. The number of nitrogens with zero attached hydrogens (tertiary/aromatic N) is 1. The molecule has 2 aliphatic rings. The predicted octanol–water partition coefficient (Wildman–Crippen LogP) is 0.588. The van der Waals surface area contributed by atoms with E-state index in [9.17, 15) is 0 Å². The molecule has 2 rings (SSSR count). The van der Waals surface area contributed by atoms with Gasteiger partial charge in [0.15, 0.2) is 0 Å². The van der Waals surface area contributed by atoms with Crippen molar-refractivity contribution in [2.45, 2.75) is 37.3 Å². The van der Waals surface area contributed by atoms with Crippen LogP contribution in [-0.2, 0) is 4.74 Å². The van der Waals surface area contributed by atoms with Crippen molar-refractivity contribution in [3.63, 3.8) is 0 Å². The maximum absolute atomic E-state index is 6.07. The number of hydrogen-bond donors (Lipinski definition) is 1. The fraction of sp³-hybridized carbons (Fsp3) is 1.00. The van der Waals surface area contributed by atoms with E-state index in [1.807, 2.05) is 7.11 Å². The molecule has 0 bridgehead atoms. The second-order valence-electron chi connectivity index (χ2n) is 4.57. The highest BCUT2D eigenvalue weighted by Gasteiger charge is 2.40. The van der Waals surface area contributed by atoms with Gasteiger partial charge in [-0.2, -0.15) is 0 Å². The molecule has 0 unspecified atom stereocenters. The Morgan fingerprint density at radius 1 is 1.38 bits per heavy atom. The molecule has 1 heterocycles. The average molecular weight is 184 g/mol. The lowest BCUT2D eigenvalue weighted by Gasteiger charge is -2.32. The normalized spacial score (nSPS) is 29.1. The number of hydrogen-bond acceptors (Lipinski definition) is 3. The van der Waals surface area contributed by atoms with Gasteiger partial charge in [-0.1, -0.05) is 0 Å². The molecular formula is C10H20N2O. The van der Waals surface area contributed by atoms with Gasteiger partial charge in [-0.15, -0.1) is 0 Å². The first-order valence-electron chi connectivity index (χ1n) is 5.26. The summed E-state index contributed by atoms with van der Waals surface area (Å²) in [5.74, 6) is 0. The van der Waals surface area contributed by atoms with Crippen molar-refractivity contribution in [2.24, 2.45) is 5.73 Å². The predicted molar refractivity (Wildman–Crippen MR) is 52.6 cm³/mol. The zero-order valence-electron chi connectivity index (χ0n) is 8.46. The molecule has 0 atom stereocenters. The Morgan fingerprint density at radius 3 is 2.46 bits per heavy atom. The monoisotopic (exact) mass is 184 g/mol. The van der Waals surface area contributed by atoms with Crippen LogP contribution in [-0.4, -0.2) is 43.3 Å². The number of likely N-dealkylation sites (tertiary alicyclic amines) is 1. The molecule has 1 saturated carbocycles. The molecule has 1 aliphatic carbocycles. The summed E-state index contributed by atoms with van der Waals surface area (Å²) in [6.07, 6.45) is 5.28. The van der Waals surface area contributed by atoms with Gasteiger partial charge in [0, 0.05) is 32.3 Å². The van der Waals surface area contributed by atoms with Gasteiger partial charge in [-0.3, -0.25) is 0 Å². The maximum Gasteiger partial charge on any atom is 0.0595 e. The van der Waals surface area contributed by atoms with E-state index in [2.05, 4.69) is 4.90 Å². The van der Waals surface area contributed by atoms with Crippen LogP contribution in [0, 0.1) is 0 Å². The van der Waals surface area contributed by atoms with Crippen molar-refractivity contribution in [2.75, 3.05) is 26.7 Å². The summed E-state index contributed by atoms with van der Waals surface area (Å²) in [7, 11) is 1.81. The first-order valence-corrected chi connectivity index (χ1v) is 5.26. The van der Waals surface area contributed by atoms with E-state index in [1.165, 1.54) is 25.7 Å². The summed E-state index contributed by atoms with van der Waals surface area (Å²) in [5.41, 5.74) is 6.25. The van der Waals surface area contributed by atoms with E-state index < -0.39 is 0 Å². The van der Waals surface area contributed by atoms with Crippen LogP contribution in [0.2, 0.25) is 0 Å². The summed E-state index contributed by atoms with van der Waals surface area (Å²) in [6.45, 7) is 3.43. The Balaban J connectivity index is 1.72. The molecule has 0 aromatic carbocycles. The van der Waals surface area contributed by atoms with E-state index in [4.69, 9.17) is 10.5 Å². The highest BCUT2D eigenvalue weighted by Crippen LogP contribution is 2.33. The summed E-state index contributed by atoms with van der Waals surface area (Å²) in [5, 5.41) is 0. The highest BCUT2D eigenvalue weighted by atomic mass is 16.5. The molecule has 0 radical (unpaired) electrons. The van der Waals surface area contributed by atoms with Crippen molar-refractivity contribution in [1.82, 2.24) is 4.90 Å². The van der Waals surface area contributed by atoms with Crippen molar-refractivity contribution < 1.29 is 4.74 Å². The maximum atomic E-state index is 6.07. The molecule has 0 amide bonds. The Hall–Kier alpha value is -0.120. The van der Waals surface area contributed by atoms with E-state index in [-0.39, 0.29) is 5.54 Å². The first kappa shape index (κ1) is 9.44. The van der Waals surface area contributed by atoms with Crippen molar-refractivity contribution in [3.05, 3.63) is 0 Å². The zero-order chi connectivity index (χ0) is 9.31. The van der Waals surface area contributed by atoms with Gasteiger partial charge in [0.25, 0.3) is 0 Å². The number of rotatable bonds is 3. The van der Waals surface area contributed by atoms with E-state index in [0.717, 1.165) is 19.6 Å². The van der Waals surface area contributed by atoms with E-state index in [1.54, 1.807) is 0 Å². The summed E-state index contributed by atoms with van der Waals surface area (Å²) in [6, 6.07) is 0. The van der Waals surface area contributed by atoms with Crippen LogP contribution in [0.4, 0.5) is 0 Å². The van der Waals surface area contributed by atoms with Crippen LogP contribution in [0.3, 0.4) is 0 Å². The minimum absolute atomic E-state index is 0.180. The Labute approximate surface area is 80.2 Å².